The molecule has 18 heavy (non-hydrogen) atoms. The van der Waals surface area contributed by atoms with E-state index in [4.69, 9.17) is 0 Å². The fourth-order valence-electron chi connectivity index (χ4n) is 1.73. The molecule has 0 N–H and O–H groups in total. The van der Waals surface area contributed by atoms with E-state index in [0.29, 0.717) is 5.56 Å². The van der Waals surface area contributed by atoms with Crippen LogP contribution in [0.2, 0.25) is 0 Å². The van der Waals surface area contributed by atoms with Crippen LogP contribution in [-0.2, 0) is 12.3 Å². The summed E-state index contributed by atoms with van der Waals surface area (Å²) in [6.07, 6.45) is -0.659. The molecule has 0 fully saturated rings. The Morgan fingerprint density at radius 3 is 2.17 bits per heavy atom. The van der Waals surface area contributed by atoms with E-state index in [1.807, 2.05) is 0 Å². The van der Waals surface area contributed by atoms with Crippen LogP contribution in [0.5, 0.6) is 0 Å². The topological polar surface area (TPSA) is 0 Å². The third kappa shape index (κ3) is 2.53. The Hall–Kier alpha value is -1.84. The van der Waals surface area contributed by atoms with Crippen molar-refractivity contribution in [2.75, 3.05) is 0 Å². The highest BCUT2D eigenvalue weighted by Crippen LogP contribution is 2.34. The highest BCUT2D eigenvalue weighted by Gasteiger charge is 2.35. The van der Waals surface area contributed by atoms with Crippen LogP contribution in [0.25, 0.3) is 0 Å². The second kappa shape index (κ2) is 4.80. The largest absolute Gasteiger partial charge is 0.280 e. The summed E-state index contributed by atoms with van der Waals surface area (Å²) in [6, 6.07) is 10.8. The minimum atomic E-state index is -3.44. The van der Waals surface area contributed by atoms with Crippen molar-refractivity contribution in [2.24, 2.45) is 0 Å². The van der Waals surface area contributed by atoms with Crippen LogP contribution >= 0.6 is 0 Å². The van der Waals surface area contributed by atoms with E-state index in [2.05, 4.69) is 0 Å². The molecule has 0 aliphatic heterocycles. The SMILES string of the molecule is Fc1cccc(C(F)(F)Cc2ccccc2)c1F. The van der Waals surface area contributed by atoms with E-state index in [-0.39, 0.29) is 0 Å². The lowest BCUT2D eigenvalue weighted by Gasteiger charge is -2.17. The smallest absolute Gasteiger partial charge is 0.204 e. The first-order valence-corrected chi connectivity index (χ1v) is 5.37. The molecule has 0 spiro atoms. The Kier molecular flexibility index (Phi) is 3.36. The van der Waals surface area contributed by atoms with E-state index < -0.39 is 29.5 Å². The van der Waals surface area contributed by atoms with Crippen LogP contribution in [0.15, 0.2) is 48.5 Å². The normalized spacial score (nSPS) is 11.6. The number of benzene rings is 2. The number of alkyl halides is 2. The molecular formula is C14H10F4. The predicted octanol–water partition coefficient (Wildman–Crippen LogP) is 4.30. The Labute approximate surface area is 102 Å². The summed E-state index contributed by atoms with van der Waals surface area (Å²) in [6.45, 7) is 0. The summed E-state index contributed by atoms with van der Waals surface area (Å²) in [7, 11) is 0. The highest BCUT2D eigenvalue weighted by molar-refractivity contribution is 5.27. The lowest BCUT2D eigenvalue weighted by molar-refractivity contribution is -0.00792. The molecule has 0 unspecified atom stereocenters. The van der Waals surface area contributed by atoms with Gasteiger partial charge in [0.25, 0.3) is 5.92 Å². The maximum atomic E-state index is 13.9. The molecule has 4 heteroatoms. The summed E-state index contributed by atoms with van der Waals surface area (Å²) in [5.74, 6) is -6.19. The summed E-state index contributed by atoms with van der Waals surface area (Å²) in [4.78, 5) is 0. The predicted molar refractivity (Wildman–Crippen MR) is 60.4 cm³/mol. The minimum Gasteiger partial charge on any atom is -0.204 e. The molecule has 2 rings (SSSR count). The molecule has 0 saturated carbocycles. The van der Waals surface area contributed by atoms with Gasteiger partial charge in [0.1, 0.15) is 0 Å². The van der Waals surface area contributed by atoms with E-state index >= 15 is 0 Å². The maximum Gasteiger partial charge on any atom is 0.280 e. The third-order valence-electron chi connectivity index (χ3n) is 2.61. The Morgan fingerprint density at radius 1 is 0.833 bits per heavy atom. The van der Waals surface area contributed by atoms with Crippen molar-refractivity contribution in [1.82, 2.24) is 0 Å². The van der Waals surface area contributed by atoms with Crippen molar-refractivity contribution in [3.8, 4) is 0 Å². The van der Waals surface area contributed by atoms with Gasteiger partial charge in [0.15, 0.2) is 11.6 Å². The molecule has 0 amide bonds. The van der Waals surface area contributed by atoms with Gasteiger partial charge in [-0.25, -0.2) is 17.6 Å². The van der Waals surface area contributed by atoms with Crippen molar-refractivity contribution in [2.45, 2.75) is 12.3 Å². The summed E-state index contributed by atoms with van der Waals surface area (Å²) in [5, 5.41) is 0. The highest BCUT2D eigenvalue weighted by atomic mass is 19.3. The van der Waals surface area contributed by atoms with E-state index in [9.17, 15) is 17.6 Å². The van der Waals surface area contributed by atoms with Crippen LogP contribution in [0.4, 0.5) is 17.6 Å². The number of hydrogen-bond acceptors (Lipinski definition) is 0. The summed E-state index contributed by atoms with van der Waals surface area (Å²) < 4.78 is 54.0. The average Bonchev–Trinajstić information content (AvgIpc) is 2.33. The molecule has 2 aromatic carbocycles. The fraction of sp³-hybridized carbons (Fsp3) is 0.143. The number of rotatable bonds is 3. The van der Waals surface area contributed by atoms with Gasteiger partial charge in [-0.3, -0.25) is 0 Å². The summed E-state index contributed by atoms with van der Waals surface area (Å²) >= 11 is 0. The van der Waals surface area contributed by atoms with Gasteiger partial charge in [-0.15, -0.1) is 0 Å². The van der Waals surface area contributed by atoms with Crippen LogP contribution < -0.4 is 0 Å². The molecule has 0 aliphatic rings. The lowest BCUT2D eigenvalue weighted by Crippen LogP contribution is -2.19. The number of hydrogen-bond donors (Lipinski definition) is 0. The van der Waals surface area contributed by atoms with Gasteiger partial charge in [0.2, 0.25) is 0 Å². The van der Waals surface area contributed by atoms with Gasteiger partial charge in [0.05, 0.1) is 5.56 Å². The standard InChI is InChI=1S/C14H10F4/c15-12-8-4-7-11(13(12)16)14(17,18)9-10-5-2-1-3-6-10/h1-8H,9H2. The van der Waals surface area contributed by atoms with E-state index in [0.717, 1.165) is 18.2 Å². The second-order valence-electron chi connectivity index (χ2n) is 3.97. The van der Waals surface area contributed by atoms with Crippen LogP contribution in [0, 0.1) is 11.6 Å². The minimum absolute atomic E-state index is 0.367. The van der Waals surface area contributed by atoms with Gasteiger partial charge in [-0.1, -0.05) is 36.4 Å². The van der Waals surface area contributed by atoms with Crippen molar-refractivity contribution in [1.29, 1.82) is 0 Å². The molecule has 0 aliphatic carbocycles. The van der Waals surface area contributed by atoms with E-state index in [1.165, 1.54) is 12.1 Å². The van der Waals surface area contributed by atoms with Crippen LogP contribution in [-0.4, -0.2) is 0 Å². The summed E-state index contributed by atoms with van der Waals surface area (Å²) in [5.41, 5.74) is -0.544. The Balaban J connectivity index is 2.33. The quantitative estimate of drug-likeness (QED) is 0.716. The number of halogens is 4. The van der Waals surface area contributed by atoms with Crippen molar-refractivity contribution in [3.63, 3.8) is 0 Å². The first-order chi connectivity index (χ1) is 8.50. The van der Waals surface area contributed by atoms with E-state index in [1.54, 1.807) is 18.2 Å². The van der Waals surface area contributed by atoms with Gasteiger partial charge < -0.3 is 0 Å². The molecule has 0 saturated heterocycles. The van der Waals surface area contributed by atoms with Crippen molar-refractivity contribution >= 4 is 0 Å². The lowest BCUT2D eigenvalue weighted by atomic mass is 10.00. The zero-order valence-electron chi connectivity index (χ0n) is 9.34. The average molecular weight is 254 g/mol. The molecule has 94 valence electrons. The molecule has 0 aromatic heterocycles. The van der Waals surface area contributed by atoms with Crippen molar-refractivity contribution in [3.05, 3.63) is 71.3 Å². The van der Waals surface area contributed by atoms with Gasteiger partial charge in [0, 0.05) is 6.42 Å². The first-order valence-electron chi connectivity index (χ1n) is 5.37. The van der Waals surface area contributed by atoms with Gasteiger partial charge in [-0.2, -0.15) is 0 Å². The zero-order valence-corrected chi connectivity index (χ0v) is 9.34. The zero-order chi connectivity index (χ0) is 13.2. The molecule has 2 aromatic rings. The fourth-order valence-corrected chi connectivity index (χ4v) is 1.73. The van der Waals surface area contributed by atoms with Gasteiger partial charge in [-0.05, 0) is 17.7 Å². The first kappa shape index (κ1) is 12.6. The molecule has 0 bridgehead atoms. The molecule has 0 heterocycles. The molecular weight excluding hydrogens is 244 g/mol. The maximum absolute atomic E-state index is 13.9. The second-order valence-corrected chi connectivity index (χ2v) is 3.97. The third-order valence-corrected chi connectivity index (χ3v) is 2.61. The molecule has 0 atom stereocenters. The Morgan fingerprint density at radius 2 is 1.50 bits per heavy atom. The Bertz CT molecular complexity index is 535. The van der Waals surface area contributed by atoms with Crippen LogP contribution in [0.3, 0.4) is 0 Å². The van der Waals surface area contributed by atoms with Gasteiger partial charge >= 0.3 is 0 Å². The van der Waals surface area contributed by atoms with Crippen molar-refractivity contribution < 1.29 is 17.6 Å². The monoisotopic (exact) mass is 254 g/mol. The molecule has 0 radical (unpaired) electrons. The molecule has 0 nitrogen and oxygen atoms in total. The van der Waals surface area contributed by atoms with Crippen LogP contribution in [0.1, 0.15) is 11.1 Å².